The summed E-state index contributed by atoms with van der Waals surface area (Å²) in [6.07, 6.45) is 0. The number of carbonyl (C=O) groups is 1. The predicted molar refractivity (Wildman–Crippen MR) is 87.9 cm³/mol. The summed E-state index contributed by atoms with van der Waals surface area (Å²) in [6, 6.07) is 10.0. The van der Waals surface area contributed by atoms with Crippen LogP contribution in [0.3, 0.4) is 0 Å². The van der Waals surface area contributed by atoms with Gasteiger partial charge in [-0.3, -0.25) is 9.69 Å². The molecule has 1 unspecified atom stereocenters. The van der Waals surface area contributed by atoms with Crippen molar-refractivity contribution in [1.82, 2.24) is 10.2 Å². The second-order valence-corrected chi connectivity index (χ2v) is 5.66. The highest BCUT2D eigenvalue weighted by atomic mass is 16.2. The van der Waals surface area contributed by atoms with E-state index in [1.54, 1.807) is 0 Å². The van der Waals surface area contributed by atoms with Crippen molar-refractivity contribution in [2.75, 3.05) is 19.6 Å². The van der Waals surface area contributed by atoms with Gasteiger partial charge in [-0.05, 0) is 24.6 Å². The molecule has 2 atom stereocenters. The number of carbonyl (C=O) groups excluding carboxylic acids is 1. The highest BCUT2D eigenvalue weighted by Crippen LogP contribution is 2.19. The Kier molecular flexibility index (Phi) is 7.40. The van der Waals surface area contributed by atoms with Crippen molar-refractivity contribution >= 4 is 5.91 Å². The maximum atomic E-state index is 12.1. The van der Waals surface area contributed by atoms with Crippen molar-refractivity contribution in [2.45, 2.75) is 39.8 Å². The van der Waals surface area contributed by atoms with Crippen molar-refractivity contribution in [3.63, 3.8) is 0 Å². The van der Waals surface area contributed by atoms with E-state index in [-0.39, 0.29) is 17.9 Å². The normalized spacial score (nSPS) is 14.2. The second kappa shape index (κ2) is 8.80. The minimum absolute atomic E-state index is 0.0712. The zero-order valence-corrected chi connectivity index (χ0v) is 13.7. The summed E-state index contributed by atoms with van der Waals surface area (Å²) >= 11 is 0. The first kappa shape index (κ1) is 17.7. The summed E-state index contributed by atoms with van der Waals surface area (Å²) < 4.78 is 0. The van der Waals surface area contributed by atoms with Crippen LogP contribution in [0, 0.1) is 5.92 Å². The van der Waals surface area contributed by atoms with E-state index >= 15 is 0 Å². The first-order chi connectivity index (χ1) is 10.0. The van der Waals surface area contributed by atoms with E-state index in [4.69, 9.17) is 5.73 Å². The quantitative estimate of drug-likeness (QED) is 0.772. The van der Waals surface area contributed by atoms with Gasteiger partial charge in [0.05, 0.1) is 12.1 Å². The van der Waals surface area contributed by atoms with Gasteiger partial charge in [-0.1, -0.05) is 58.0 Å². The van der Waals surface area contributed by atoms with Crippen LogP contribution < -0.4 is 11.1 Å². The monoisotopic (exact) mass is 291 g/mol. The summed E-state index contributed by atoms with van der Waals surface area (Å²) in [6.45, 7) is 10.7. The van der Waals surface area contributed by atoms with Gasteiger partial charge in [-0.2, -0.15) is 0 Å². The Balaban J connectivity index is 2.77. The average Bonchev–Trinajstić information content (AvgIpc) is 2.51. The Bertz CT molecular complexity index is 415. The summed E-state index contributed by atoms with van der Waals surface area (Å²) in [5, 5.41) is 3.01. The zero-order chi connectivity index (χ0) is 15.8. The number of nitrogens with zero attached hydrogens (tertiary/aromatic N) is 1. The third-order valence-corrected chi connectivity index (χ3v) is 3.93. The number of benzene rings is 1. The standard InChI is InChI=1S/C17H29N3O/c1-5-20(6-2)15(14-10-8-7-9-11-14)12-19-17(21)16(18)13(3)4/h7-11,13,15-16H,5-6,12,18H2,1-4H3,(H,19,21)/t15?,16-/m0/s1. The lowest BCUT2D eigenvalue weighted by Gasteiger charge is -2.30. The molecular formula is C17H29N3O. The lowest BCUT2D eigenvalue weighted by atomic mass is 10.0. The van der Waals surface area contributed by atoms with E-state index in [1.165, 1.54) is 5.56 Å². The van der Waals surface area contributed by atoms with Gasteiger partial charge in [0.2, 0.25) is 5.91 Å². The van der Waals surface area contributed by atoms with Gasteiger partial charge in [0, 0.05) is 6.54 Å². The molecular weight excluding hydrogens is 262 g/mol. The van der Waals surface area contributed by atoms with E-state index in [2.05, 4.69) is 36.2 Å². The van der Waals surface area contributed by atoms with E-state index in [0.29, 0.717) is 6.54 Å². The molecule has 0 saturated heterocycles. The van der Waals surface area contributed by atoms with E-state index in [1.807, 2.05) is 32.0 Å². The molecule has 0 aliphatic heterocycles. The number of rotatable bonds is 8. The molecule has 0 spiro atoms. The largest absolute Gasteiger partial charge is 0.353 e. The maximum Gasteiger partial charge on any atom is 0.237 e. The summed E-state index contributed by atoms with van der Waals surface area (Å²) in [5.41, 5.74) is 7.12. The van der Waals surface area contributed by atoms with Crippen LogP contribution in [0.15, 0.2) is 30.3 Å². The van der Waals surface area contributed by atoms with Crippen molar-refractivity contribution in [3.05, 3.63) is 35.9 Å². The smallest absolute Gasteiger partial charge is 0.237 e. The number of nitrogens with one attached hydrogen (secondary N) is 1. The first-order valence-corrected chi connectivity index (χ1v) is 7.83. The van der Waals surface area contributed by atoms with Crippen LogP contribution in [-0.2, 0) is 4.79 Å². The van der Waals surface area contributed by atoms with Gasteiger partial charge < -0.3 is 11.1 Å². The van der Waals surface area contributed by atoms with Crippen molar-refractivity contribution in [1.29, 1.82) is 0 Å². The third-order valence-electron chi connectivity index (χ3n) is 3.93. The molecule has 1 rings (SSSR count). The van der Waals surface area contributed by atoms with Crippen molar-refractivity contribution in [3.8, 4) is 0 Å². The number of amides is 1. The van der Waals surface area contributed by atoms with Crippen LogP contribution in [0.5, 0.6) is 0 Å². The van der Waals surface area contributed by atoms with Gasteiger partial charge in [-0.25, -0.2) is 0 Å². The molecule has 118 valence electrons. The minimum Gasteiger partial charge on any atom is -0.353 e. The highest BCUT2D eigenvalue weighted by Gasteiger charge is 2.21. The van der Waals surface area contributed by atoms with Gasteiger partial charge in [0.25, 0.3) is 0 Å². The van der Waals surface area contributed by atoms with Gasteiger partial charge in [-0.15, -0.1) is 0 Å². The fourth-order valence-electron chi connectivity index (χ4n) is 2.42. The van der Waals surface area contributed by atoms with Crippen molar-refractivity contribution in [2.24, 2.45) is 11.7 Å². The summed E-state index contributed by atoms with van der Waals surface area (Å²) in [7, 11) is 0. The van der Waals surface area contributed by atoms with E-state index in [0.717, 1.165) is 13.1 Å². The Morgan fingerprint density at radius 1 is 1.19 bits per heavy atom. The molecule has 0 radical (unpaired) electrons. The number of likely N-dealkylation sites (N-methyl/N-ethyl adjacent to an activating group) is 1. The zero-order valence-electron chi connectivity index (χ0n) is 13.7. The van der Waals surface area contributed by atoms with Crippen LogP contribution >= 0.6 is 0 Å². The molecule has 0 heterocycles. The molecule has 0 fully saturated rings. The molecule has 0 saturated carbocycles. The molecule has 3 N–H and O–H groups in total. The molecule has 4 heteroatoms. The van der Waals surface area contributed by atoms with Crippen LogP contribution in [-0.4, -0.2) is 36.5 Å². The molecule has 0 aliphatic carbocycles. The van der Waals surface area contributed by atoms with E-state index in [9.17, 15) is 4.79 Å². The predicted octanol–water partition coefficient (Wildman–Crippen LogP) is 2.17. The van der Waals surface area contributed by atoms with Crippen LogP contribution in [0.25, 0.3) is 0 Å². The molecule has 0 aromatic heterocycles. The fraction of sp³-hybridized carbons (Fsp3) is 0.588. The van der Waals surface area contributed by atoms with Gasteiger partial charge >= 0.3 is 0 Å². The molecule has 1 aromatic carbocycles. The Labute approximate surface area is 128 Å². The van der Waals surface area contributed by atoms with Crippen LogP contribution in [0.2, 0.25) is 0 Å². The lowest BCUT2D eigenvalue weighted by Crippen LogP contribution is -2.47. The maximum absolute atomic E-state index is 12.1. The molecule has 4 nitrogen and oxygen atoms in total. The Morgan fingerprint density at radius 3 is 2.24 bits per heavy atom. The minimum atomic E-state index is -0.446. The Morgan fingerprint density at radius 2 is 1.76 bits per heavy atom. The second-order valence-electron chi connectivity index (χ2n) is 5.66. The summed E-state index contributed by atoms with van der Waals surface area (Å²) in [4.78, 5) is 14.4. The summed E-state index contributed by atoms with van der Waals surface area (Å²) in [5.74, 6) is 0.0757. The van der Waals surface area contributed by atoms with Crippen molar-refractivity contribution < 1.29 is 4.79 Å². The highest BCUT2D eigenvalue weighted by molar-refractivity contribution is 5.81. The third kappa shape index (κ3) is 5.14. The topological polar surface area (TPSA) is 58.4 Å². The number of hydrogen-bond acceptors (Lipinski definition) is 3. The van der Waals surface area contributed by atoms with Gasteiger partial charge in [0.1, 0.15) is 0 Å². The molecule has 0 aliphatic rings. The SMILES string of the molecule is CCN(CC)C(CNC(=O)[C@@H](N)C(C)C)c1ccccc1. The fourth-order valence-corrected chi connectivity index (χ4v) is 2.42. The van der Waals surface area contributed by atoms with E-state index < -0.39 is 6.04 Å². The lowest BCUT2D eigenvalue weighted by molar-refractivity contribution is -0.123. The number of hydrogen-bond donors (Lipinski definition) is 2. The molecule has 1 amide bonds. The number of nitrogens with two attached hydrogens (primary N) is 1. The average molecular weight is 291 g/mol. The first-order valence-electron chi connectivity index (χ1n) is 7.83. The van der Waals surface area contributed by atoms with Crippen LogP contribution in [0.1, 0.15) is 39.3 Å². The molecule has 21 heavy (non-hydrogen) atoms. The van der Waals surface area contributed by atoms with Gasteiger partial charge in [0.15, 0.2) is 0 Å². The molecule has 1 aromatic rings. The van der Waals surface area contributed by atoms with Crippen LogP contribution in [0.4, 0.5) is 0 Å². The Hall–Kier alpha value is -1.39. The molecule has 0 bridgehead atoms.